The molecule has 0 saturated carbocycles. The minimum atomic E-state index is -0.926. The lowest BCUT2D eigenvalue weighted by molar-refractivity contribution is -0.148. The molecule has 6 nitrogen and oxygen atoms in total. The number of pyridine rings is 1. The first-order chi connectivity index (χ1) is 13.0. The summed E-state index contributed by atoms with van der Waals surface area (Å²) in [5, 5.41) is 0.276. The van der Waals surface area contributed by atoms with Gasteiger partial charge >= 0.3 is 5.97 Å². The van der Waals surface area contributed by atoms with Crippen LogP contribution in [0.5, 0.6) is 0 Å². The predicted molar refractivity (Wildman–Crippen MR) is 105 cm³/mol. The van der Waals surface area contributed by atoms with Crippen LogP contribution in [0.25, 0.3) is 11.7 Å². The standard InChI is InChI=1S/C20H18ClN3O3/c1-14(20(26)23(2)15-8-4-3-5-9-15)27-18(25)12-11-16-19(21)22-17-10-6-7-13-24(16)17/h3-14H,1-2H3/b12-11+/t14-/m0/s1. The largest absolute Gasteiger partial charge is 0.449 e. The number of anilines is 1. The van der Waals surface area contributed by atoms with Crippen molar-refractivity contribution in [1.82, 2.24) is 9.38 Å². The summed E-state index contributed by atoms with van der Waals surface area (Å²) in [6.45, 7) is 1.54. The summed E-state index contributed by atoms with van der Waals surface area (Å²) in [5.41, 5.74) is 1.95. The third-order valence-corrected chi connectivity index (χ3v) is 4.29. The molecule has 0 aliphatic carbocycles. The van der Waals surface area contributed by atoms with Crippen LogP contribution >= 0.6 is 11.6 Å². The zero-order valence-corrected chi connectivity index (χ0v) is 15.6. The third-order valence-electron chi connectivity index (χ3n) is 4.01. The molecule has 3 rings (SSSR count). The summed E-state index contributed by atoms with van der Waals surface area (Å²) in [5.74, 6) is -0.963. The Balaban J connectivity index is 1.67. The molecule has 1 aromatic carbocycles. The smallest absolute Gasteiger partial charge is 0.331 e. The van der Waals surface area contributed by atoms with Crippen molar-refractivity contribution in [3.8, 4) is 0 Å². The van der Waals surface area contributed by atoms with Crippen molar-refractivity contribution in [3.63, 3.8) is 0 Å². The van der Waals surface area contributed by atoms with Gasteiger partial charge in [-0.2, -0.15) is 0 Å². The zero-order valence-electron chi connectivity index (χ0n) is 14.9. The van der Waals surface area contributed by atoms with Crippen LogP contribution in [0.4, 0.5) is 5.69 Å². The Labute approximate surface area is 161 Å². The molecule has 3 aromatic rings. The third kappa shape index (κ3) is 4.17. The van der Waals surface area contributed by atoms with Crippen molar-refractivity contribution in [2.24, 2.45) is 0 Å². The monoisotopic (exact) mass is 383 g/mol. The fraction of sp³-hybridized carbons (Fsp3) is 0.150. The average molecular weight is 384 g/mol. The molecule has 27 heavy (non-hydrogen) atoms. The summed E-state index contributed by atoms with van der Waals surface area (Å²) >= 11 is 6.12. The number of nitrogens with zero attached hydrogens (tertiary/aromatic N) is 3. The number of amides is 1. The number of rotatable bonds is 5. The van der Waals surface area contributed by atoms with E-state index in [9.17, 15) is 9.59 Å². The van der Waals surface area contributed by atoms with Gasteiger partial charge in [-0.25, -0.2) is 9.78 Å². The summed E-state index contributed by atoms with van der Waals surface area (Å²) in [6.07, 6.45) is 3.61. The van der Waals surface area contributed by atoms with Gasteiger partial charge in [0.25, 0.3) is 5.91 Å². The maximum Gasteiger partial charge on any atom is 0.331 e. The number of halogens is 1. The molecule has 138 valence electrons. The van der Waals surface area contributed by atoms with E-state index in [1.807, 2.05) is 36.4 Å². The Morgan fingerprint density at radius 3 is 2.63 bits per heavy atom. The van der Waals surface area contributed by atoms with Gasteiger partial charge in [0.05, 0.1) is 5.69 Å². The first-order valence-electron chi connectivity index (χ1n) is 8.31. The number of aromatic nitrogens is 2. The first kappa shape index (κ1) is 18.7. The second-order valence-electron chi connectivity index (χ2n) is 5.86. The highest BCUT2D eigenvalue weighted by atomic mass is 35.5. The topological polar surface area (TPSA) is 63.9 Å². The summed E-state index contributed by atoms with van der Waals surface area (Å²) in [7, 11) is 1.63. The van der Waals surface area contributed by atoms with E-state index >= 15 is 0 Å². The van der Waals surface area contributed by atoms with Crippen LogP contribution in [0.15, 0.2) is 60.8 Å². The lowest BCUT2D eigenvalue weighted by Crippen LogP contribution is -2.37. The Kier molecular flexibility index (Phi) is 5.57. The Morgan fingerprint density at radius 1 is 1.19 bits per heavy atom. The SMILES string of the molecule is C[C@H](OC(=O)/C=C/c1c(Cl)nc2ccccn12)C(=O)N(C)c1ccccc1. The maximum atomic E-state index is 12.4. The van der Waals surface area contributed by atoms with E-state index in [1.54, 1.807) is 29.8 Å². The Morgan fingerprint density at radius 2 is 1.89 bits per heavy atom. The van der Waals surface area contributed by atoms with Crippen molar-refractivity contribution >= 4 is 40.9 Å². The van der Waals surface area contributed by atoms with E-state index in [1.165, 1.54) is 24.0 Å². The fourth-order valence-electron chi connectivity index (χ4n) is 2.60. The molecular formula is C20H18ClN3O3. The lowest BCUT2D eigenvalue weighted by atomic mass is 10.2. The average Bonchev–Trinajstić information content (AvgIpc) is 3.00. The van der Waals surface area contributed by atoms with E-state index in [0.29, 0.717) is 11.3 Å². The van der Waals surface area contributed by atoms with Crippen LogP contribution in [0.1, 0.15) is 12.6 Å². The van der Waals surface area contributed by atoms with Gasteiger partial charge in [0.2, 0.25) is 0 Å². The Hall–Kier alpha value is -3.12. The first-order valence-corrected chi connectivity index (χ1v) is 8.69. The van der Waals surface area contributed by atoms with Crippen LogP contribution in [-0.4, -0.2) is 34.4 Å². The van der Waals surface area contributed by atoms with Gasteiger partial charge in [0.1, 0.15) is 5.65 Å². The van der Waals surface area contributed by atoms with Gasteiger partial charge in [-0.3, -0.25) is 9.20 Å². The van der Waals surface area contributed by atoms with Gasteiger partial charge in [-0.1, -0.05) is 35.9 Å². The highest BCUT2D eigenvalue weighted by Crippen LogP contribution is 2.19. The van der Waals surface area contributed by atoms with Crippen LogP contribution < -0.4 is 4.90 Å². The minimum Gasteiger partial charge on any atom is -0.449 e. The van der Waals surface area contributed by atoms with Crippen molar-refractivity contribution < 1.29 is 14.3 Å². The fourth-order valence-corrected chi connectivity index (χ4v) is 2.84. The molecule has 0 saturated heterocycles. The van der Waals surface area contributed by atoms with E-state index in [0.717, 1.165) is 5.69 Å². The molecule has 7 heteroatoms. The number of carbonyl (C=O) groups is 2. The number of esters is 1. The Bertz CT molecular complexity index is 998. The number of fused-ring (bicyclic) bond motifs is 1. The number of likely N-dealkylation sites (N-methyl/N-ethyl adjacent to an activating group) is 1. The normalized spacial score (nSPS) is 12.3. The molecule has 1 atom stereocenters. The number of carbonyl (C=O) groups excluding carboxylic acids is 2. The van der Waals surface area contributed by atoms with Crippen molar-refractivity contribution in [1.29, 1.82) is 0 Å². The number of hydrogen-bond acceptors (Lipinski definition) is 4. The van der Waals surface area contributed by atoms with Crippen LogP contribution in [0.3, 0.4) is 0 Å². The van der Waals surface area contributed by atoms with E-state index in [2.05, 4.69) is 4.98 Å². The summed E-state index contributed by atoms with van der Waals surface area (Å²) < 4.78 is 6.97. The minimum absolute atomic E-state index is 0.276. The molecule has 1 amide bonds. The highest BCUT2D eigenvalue weighted by molar-refractivity contribution is 6.31. The van der Waals surface area contributed by atoms with Crippen LogP contribution in [-0.2, 0) is 14.3 Å². The van der Waals surface area contributed by atoms with Crippen LogP contribution in [0, 0.1) is 0 Å². The van der Waals surface area contributed by atoms with Gasteiger partial charge in [0, 0.05) is 25.0 Å². The number of ether oxygens (including phenoxy) is 1. The van der Waals surface area contributed by atoms with E-state index in [-0.39, 0.29) is 11.1 Å². The van der Waals surface area contributed by atoms with E-state index < -0.39 is 12.1 Å². The predicted octanol–water partition coefficient (Wildman–Crippen LogP) is 3.60. The molecule has 0 aliphatic rings. The highest BCUT2D eigenvalue weighted by Gasteiger charge is 2.21. The quantitative estimate of drug-likeness (QED) is 0.499. The van der Waals surface area contributed by atoms with Gasteiger partial charge < -0.3 is 9.64 Å². The molecule has 0 aliphatic heterocycles. The lowest BCUT2D eigenvalue weighted by Gasteiger charge is -2.21. The van der Waals surface area contributed by atoms with Crippen molar-refractivity contribution in [3.05, 3.63) is 71.7 Å². The van der Waals surface area contributed by atoms with Crippen LogP contribution in [0.2, 0.25) is 5.15 Å². The molecule has 0 N–H and O–H groups in total. The van der Waals surface area contributed by atoms with Crippen molar-refractivity contribution in [2.75, 3.05) is 11.9 Å². The summed E-state index contributed by atoms with van der Waals surface area (Å²) in [6, 6.07) is 14.6. The molecule has 0 radical (unpaired) electrons. The number of imidazole rings is 1. The maximum absolute atomic E-state index is 12.4. The molecule has 0 bridgehead atoms. The summed E-state index contributed by atoms with van der Waals surface area (Å²) in [4.78, 5) is 30.2. The van der Waals surface area contributed by atoms with Gasteiger partial charge in [-0.15, -0.1) is 0 Å². The van der Waals surface area contributed by atoms with Gasteiger partial charge in [-0.05, 0) is 37.3 Å². The molecule has 0 fully saturated rings. The second kappa shape index (κ2) is 8.05. The van der Waals surface area contributed by atoms with E-state index in [4.69, 9.17) is 16.3 Å². The van der Waals surface area contributed by atoms with Gasteiger partial charge in [0.15, 0.2) is 11.3 Å². The number of para-hydroxylation sites is 1. The number of hydrogen-bond donors (Lipinski definition) is 0. The molecular weight excluding hydrogens is 366 g/mol. The second-order valence-corrected chi connectivity index (χ2v) is 6.22. The number of benzene rings is 1. The molecule has 2 aromatic heterocycles. The zero-order chi connectivity index (χ0) is 19.4. The molecule has 0 unspecified atom stereocenters. The molecule has 2 heterocycles. The van der Waals surface area contributed by atoms with Crippen molar-refractivity contribution in [2.45, 2.75) is 13.0 Å². The molecule has 0 spiro atoms.